The lowest BCUT2D eigenvalue weighted by molar-refractivity contribution is 0.301. The summed E-state index contributed by atoms with van der Waals surface area (Å²) in [6, 6.07) is 9.90. The molecule has 1 heterocycles. The van der Waals surface area contributed by atoms with Gasteiger partial charge in [0.15, 0.2) is 0 Å². The first-order valence-corrected chi connectivity index (χ1v) is 7.85. The first-order valence-electron chi connectivity index (χ1n) is 7.06. The number of halogens is 1. The molecule has 0 aliphatic rings. The lowest BCUT2D eigenvalue weighted by Gasteiger charge is -2.19. The molecular formula is C17H22BrNO2. The van der Waals surface area contributed by atoms with Crippen LogP contribution in [0.1, 0.15) is 37.9 Å². The predicted octanol–water partition coefficient (Wildman–Crippen LogP) is 4.82. The molecule has 0 aliphatic carbocycles. The molecule has 0 saturated heterocycles. The number of rotatable bonds is 5. The molecule has 2 rings (SSSR count). The zero-order valence-corrected chi connectivity index (χ0v) is 14.6. The molecule has 0 fully saturated rings. The van der Waals surface area contributed by atoms with Crippen LogP contribution in [0.5, 0.6) is 5.75 Å². The summed E-state index contributed by atoms with van der Waals surface area (Å²) in [6.07, 6.45) is 0. The van der Waals surface area contributed by atoms with E-state index in [0.29, 0.717) is 6.61 Å². The summed E-state index contributed by atoms with van der Waals surface area (Å²) in [5, 5.41) is 3.42. The third-order valence-electron chi connectivity index (χ3n) is 3.08. The standard InChI is InChI=1S/C17H22BrNO2/c1-12-13(9-14(21-12)10-19-17(2,3)4)11-20-16-8-6-5-7-15(16)18/h5-9,19H,10-11H2,1-4H3. The van der Waals surface area contributed by atoms with Crippen LogP contribution in [0.4, 0.5) is 0 Å². The Morgan fingerprint density at radius 1 is 1.24 bits per heavy atom. The molecule has 1 aromatic carbocycles. The summed E-state index contributed by atoms with van der Waals surface area (Å²) >= 11 is 3.48. The van der Waals surface area contributed by atoms with E-state index >= 15 is 0 Å². The maximum atomic E-state index is 5.84. The minimum absolute atomic E-state index is 0.0757. The second kappa shape index (κ2) is 6.67. The van der Waals surface area contributed by atoms with Crippen LogP contribution in [-0.4, -0.2) is 5.54 Å². The monoisotopic (exact) mass is 351 g/mol. The van der Waals surface area contributed by atoms with E-state index < -0.39 is 0 Å². The minimum Gasteiger partial charge on any atom is -0.488 e. The van der Waals surface area contributed by atoms with Crippen molar-refractivity contribution in [3.8, 4) is 5.75 Å². The largest absolute Gasteiger partial charge is 0.488 e. The van der Waals surface area contributed by atoms with Crippen molar-refractivity contribution in [2.75, 3.05) is 0 Å². The summed E-state index contributed by atoms with van der Waals surface area (Å²) in [5.41, 5.74) is 1.16. The molecule has 0 bridgehead atoms. The lowest BCUT2D eigenvalue weighted by Crippen LogP contribution is -2.34. The van der Waals surface area contributed by atoms with E-state index in [4.69, 9.17) is 9.15 Å². The van der Waals surface area contributed by atoms with E-state index in [1.807, 2.05) is 31.2 Å². The molecule has 0 aliphatic heterocycles. The Morgan fingerprint density at radius 2 is 1.95 bits per heavy atom. The molecule has 0 spiro atoms. The van der Waals surface area contributed by atoms with Crippen LogP contribution >= 0.6 is 15.9 Å². The highest BCUT2D eigenvalue weighted by Crippen LogP contribution is 2.25. The van der Waals surface area contributed by atoms with Gasteiger partial charge in [-0.1, -0.05) is 12.1 Å². The number of hydrogen-bond donors (Lipinski definition) is 1. The number of para-hydroxylation sites is 1. The molecule has 0 radical (unpaired) electrons. The van der Waals surface area contributed by atoms with Crippen LogP contribution in [0.3, 0.4) is 0 Å². The van der Waals surface area contributed by atoms with Gasteiger partial charge in [-0.2, -0.15) is 0 Å². The van der Waals surface area contributed by atoms with Gasteiger partial charge < -0.3 is 14.5 Å². The molecule has 0 saturated carbocycles. The fourth-order valence-electron chi connectivity index (χ4n) is 1.89. The maximum absolute atomic E-state index is 5.84. The molecule has 1 N–H and O–H groups in total. The zero-order valence-electron chi connectivity index (χ0n) is 13.0. The van der Waals surface area contributed by atoms with E-state index in [-0.39, 0.29) is 5.54 Å². The van der Waals surface area contributed by atoms with Crippen molar-refractivity contribution in [1.29, 1.82) is 0 Å². The Balaban J connectivity index is 1.98. The number of ether oxygens (including phenoxy) is 1. The Labute approximate surface area is 134 Å². The average Bonchev–Trinajstić information content (AvgIpc) is 2.75. The third-order valence-corrected chi connectivity index (χ3v) is 3.74. The van der Waals surface area contributed by atoms with Gasteiger partial charge >= 0.3 is 0 Å². The molecule has 21 heavy (non-hydrogen) atoms. The van der Waals surface area contributed by atoms with Gasteiger partial charge in [-0.15, -0.1) is 0 Å². The highest BCUT2D eigenvalue weighted by Gasteiger charge is 2.13. The topological polar surface area (TPSA) is 34.4 Å². The van der Waals surface area contributed by atoms with Crippen molar-refractivity contribution in [2.24, 2.45) is 0 Å². The van der Waals surface area contributed by atoms with Crippen molar-refractivity contribution in [1.82, 2.24) is 5.32 Å². The smallest absolute Gasteiger partial charge is 0.133 e. The Bertz CT molecular complexity index is 599. The Hall–Kier alpha value is -1.26. The Kier molecular flexibility index (Phi) is 5.12. The molecule has 4 heteroatoms. The number of benzene rings is 1. The SMILES string of the molecule is Cc1oc(CNC(C)(C)C)cc1COc1ccccc1Br. The molecule has 0 amide bonds. The summed E-state index contributed by atoms with van der Waals surface area (Å²) in [7, 11) is 0. The number of furan rings is 1. The summed E-state index contributed by atoms with van der Waals surface area (Å²) in [5.74, 6) is 2.69. The van der Waals surface area contributed by atoms with Gasteiger partial charge in [-0.05, 0) is 61.8 Å². The summed E-state index contributed by atoms with van der Waals surface area (Å²) in [4.78, 5) is 0. The lowest BCUT2D eigenvalue weighted by atomic mass is 10.1. The van der Waals surface area contributed by atoms with Gasteiger partial charge in [-0.25, -0.2) is 0 Å². The van der Waals surface area contributed by atoms with E-state index in [1.165, 1.54) is 0 Å². The highest BCUT2D eigenvalue weighted by atomic mass is 79.9. The third kappa shape index (κ3) is 4.90. The second-order valence-corrected chi connectivity index (χ2v) is 6.97. The molecular weight excluding hydrogens is 330 g/mol. The highest BCUT2D eigenvalue weighted by molar-refractivity contribution is 9.10. The van der Waals surface area contributed by atoms with Crippen LogP contribution in [0, 0.1) is 6.92 Å². The van der Waals surface area contributed by atoms with Gasteiger partial charge in [-0.3, -0.25) is 0 Å². The first kappa shape index (κ1) is 16.1. The van der Waals surface area contributed by atoms with Crippen molar-refractivity contribution >= 4 is 15.9 Å². The summed E-state index contributed by atoms with van der Waals surface area (Å²) in [6.45, 7) is 9.62. The number of hydrogen-bond acceptors (Lipinski definition) is 3. The molecule has 2 aromatic rings. The normalized spacial score (nSPS) is 11.7. The second-order valence-electron chi connectivity index (χ2n) is 6.12. The van der Waals surface area contributed by atoms with Gasteiger partial charge in [0.1, 0.15) is 23.9 Å². The van der Waals surface area contributed by atoms with Crippen LogP contribution in [-0.2, 0) is 13.2 Å². The molecule has 114 valence electrons. The fourth-order valence-corrected chi connectivity index (χ4v) is 2.29. The van der Waals surface area contributed by atoms with Gasteiger partial charge in [0.2, 0.25) is 0 Å². The number of aryl methyl sites for hydroxylation is 1. The van der Waals surface area contributed by atoms with Crippen LogP contribution < -0.4 is 10.1 Å². The van der Waals surface area contributed by atoms with Gasteiger partial charge in [0, 0.05) is 11.1 Å². The van der Waals surface area contributed by atoms with Crippen molar-refractivity contribution in [3.05, 3.63) is 51.9 Å². The van der Waals surface area contributed by atoms with Crippen molar-refractivity contribution in [3.63, 3.8) is 0 Å². The molecule has 3 nitrogen and oxygen atoms in total. The maximum Gasteiger partial charge on any atom is 0.133 e. The minimum atomic E-state index is 0.0757. The quantitative estimate of drug-likeness (QED) is 0.838. The Morgan fingerprint density at radius 3 is 2.62 bits per heavy atom. The average molecular weight is 352 g/mol. The van der Waals surface area contributed by atoms with Crippen LogP contribution in [0.15, 0.2) is 39.2 Å². The van der Waals surface area contributed by atoms with Gasteiger partial charge in [0.25, 0.3) is 0 Å². The number of nitrogens with one attached hydrogen (secondary N) is 1. The van der Waals surface area contributed by atoms with Crippen LogP contribution in [0.25, 0.3) is 0 Å². The van der Waals surface area contributed by atoms with E-state index in [1.54, 1.807) is 0 Å². The fraction of sp³-hybridized carbons (Fsp3) is 0.412. The van der Waals surface area contributed by atoms with Crippen LogP contribution in [0.2, 0.25) is 0 Å². The first-order chi connectivity index (χ1) is 9.85. The summed E-state index contributed by atoms with van der Waals surface area (Å²) < 4.78 is 12.6. The van der Waals surface area contributed by atoms with E-state index in [0.717, 1.165) is 33.9 Å². The molecule has 1 aromatic heterocycles. The van der Waals surface area contributed by atoms with Crippen molar-refractivity contribution < 1.29 is 9.15 Å². The predicted molar refractivity (Wildman–Crippen MR) is 88.5 cm³/mol. The van der Waals surface area contributed by atoms with E-state index in [9.17, 15) is 0 Å². The van der Waals surface area contributed by atoms with Crippen molar-refractivity contribution in [2.45, 2.75) is 46.4 Å². The van der Waals surface area contributed by atoms with E-state index in [2.05, 4.69) is 48.1 Å². The van der Waals surface area contributed by atoms with Gasteiger partial charge in [0.05, 0.1) is 11.0 Å². The zero-order chi connectivity index (χ0) is 15.5. The molecule has 0 atom stereocenters. The molecule has 0 unspecified atom stereocenters.